The Morgan fingerprint density at radius 1 is 1.22 bits per heavy atom. The van der Waals surface area contributed by atoms with Gasteiger partial charge in [0.2, 0.25) is 5.91 Å². The van der Waals surface area contributed by atoms with Crippen LogP contribution in [0.3, 0.4) is 0 Å². The normalized spacial score (nSPS) is 17.1. The van der Waals surface area contributed by atoms with Crippen molar-refractivity contribution >= 4 is 11.9 Å². The van der Waals surface area contributed by atoms with Crippen LogP contribution in [-0.2, 0) is 22.6 Å². The predicted octanol–water partition coefficient (Wildman–Crippen LogP) is 2.84. The van der Waals surface area contributed by atoms with Crippen LogP contribution in [0.25, 0.3) is 0 Å². The minimum atomic E-state index is -0.925. The quantitative estimate of drug-likeness (QED) is 0.810. The molecule has 0 bridgehead atoms. The van der Waals surface area contributed by atoms with Crippen molar-refractivity contribution in [3.8, 4) is 0 Å². The monoisotopic (exact) mass is 373 g/mol. The minimum Gasteiger partial charge on any atom is -0.480 e. The third-order valence-corrected chi connectivity index (χ3v) is 4.92. The summed E-state index contributed by atoms with van der Waals surface area (Å²) in [5.41, 5.74) is 1.88. The topological polar surface area (TPSA) is 75.4 Å². The highest BCUT2D eigenvalue weighted by Gasteiger charge is 2.26. The van der Waals surface area contributed by atoms with Crippen LogP contribution >= 0.6 is 0 Å². The number of carbonyl (C=O) groups is 2. The van der Waals surface area contributed by atoms with Gasteiger partial charge in [0.05, 0.1) is 5.69 Å². The molecular weight excluding hydrogens is 349 g/mol. The number of aryl methyl sites for hydroxylation is 1. The molecule has 0 aliphatic carbocycles. The fourth-order valence-corrected chi connectivity index (χ4v) is 3.52. The van der Waals surface area contributed by atoms with E-state index in [1.54, 1.807) is 18.3 Å². The number of halogens is 1. The fourth-order valence-electron chi connectivity index (χ4n) is 3.52. The molecule has 1 aromatic heterocycles. The Hall–Kier alpha value is -2.70. The van der Waals surface area contributed by atoms with Crippen LogP contribution in [0.15, 0.2) is 36.5 Å². The molecule has 1 aliphatic heterocycles. The lowest BCUT2D eigenvalue weighted by Gasteiger charge is -2.32. The molecule has 2 heterocycles. The largest absolute Gasteiger partial charge is 0.480 e. The van der Waals surface area contributed by atoms with Gasteiger partial charge in [-0.3, -0.25) is 14.3 Å². The van der Waals surface area contributed by atoms with Gasteiger partial charge in [-0.1, -0.05) is 12.1 Å². The van der Waals surface area contributed by atoms with E-state index in [0.29, 0.717) is 13.0 Å². The molecule has 1 aromatic carbocycles. The van der Waals surface area contributed by atoms with Crippen LogP contribution in [0, 0.1) is 5.82 Å². The van der Waals surface area contributed by atoms with Crippen LogP contribution in [0.2, 0.25) is 0 Å². The van der Waals surface area contributed by atoms with Crippen molar-refractivity contribution in [2.45, 2.75) is 44.6 Å². The zero-order valence-electron chi connectivity index (χ0n) is 15.2. The first-order chi connectivity index (χ1) is 13.0. The maximum atomic E-state index is 12.9. The number of carboxylic acid groups (broad SMARTS) is 1. The number of aliphatic carboxylic acids is 1. The van der Waals surface area contributed by atoms with E-state index in [9.17, 15) is 14.0 Å². The van der Waals surface area contributed by atoms with Crippen molar-refractivity contribution in [1.82, 2.24) is 14.7 Å². The van der Waals surface area contributed by atoms with Crippen LogP contribution < -0.4 is 0 Å². The molecule has 0 spiro atoms. The second kappa shape index (κ2) is 8.79. The van der Waals surface area contributed by atoms with Crippen molar-refractivity contribution in [3.63, 3.8) is 0 Å². The SMILES string of the molecule is O=C(O)Cn1ccc([C@H]2CCCN(C(=O)CCCc3ccc(F)cc3)C2)n1. The summed E-state index contributed by atoms with van der Waals surface area (Å²) in [5, 5.41) is 13.2. The smallest absolute Gasteiger partial charge is 0.325 e. The highest BCUT2D eigenvalue weighted by Crippen LogP contribution is 2.26. The van der Waals surface area contributed by atoms with Crippen molar-refractivity contribution in [3.05, 3.63) is 53.6 Å². The van der Waals surface area contributed by atoms with Crippen molar-refractivity contribution in [2.24, 2.45) is 0 Å². The molecule has 3 rings (SSSR count). The lowest BCUT2D eigenvalue weighted by Crippen LogP contribution is -2.39. The molecule has 1 fully saturated rings. The number of amides is 1. The molecule has 1 aliphatic rings. The average Bonchev–Trinajstić information content (AvgIpc) is 3.11. The molecule has 0 radical (unpaired) electrons. The number of carbonyl (C=O) groups excluding carboxylic acids is 1. The Bertz CT molecular complexity index is 788. The van der Waals surface area contributed by atoms with Crippen LogP contribution in [0.4, 0.5) is 4.39 Å². The number of rotatable bonds is 7. The standard InChI is InChI=1S/C20H24FN3O3/c21-17-8-6-15(7-9-17)3-1-5-19(25)23-11-2-4-16(13-23)18-10-12-24(22-18)14-20(26)27/h6-10,12,16H,1-5,11,13-14H2,(H,26,27)/t16-/m0/s1. The maximum Gasteiger partial charge on any atom is 0.325 e. The summed E-state index contributed by atoms with van der Waals surface area (Å²) < 4.78 is 14.3. The summed E-state index contributed by atoms with van der Waals surface area (Å²) >= 11 is 0. The lowest BCUT2D eigenvalue weighted by molar-refractivity contribution is -0.138. The predicted molar refractivity (Wildman–Crippen MR) is 97.8 cm³/mol. The summed E-state index contributed by atoms with van der Waals surface area (Å²) in [6.45, 7) is 1.22. The number of aromatic nitrogens is 2. The number of likely N-dealkylation sites (tertiary alicyclic amines) is 1. The number of hydrogen-bond acceptors (Lipinski definition) is 3. The molecule has 1 N–H and O–H groups in total. The number of nitrogens with zero attached hydrogens (tertiary/aromatic N) is 3. The van der Waals surface area contributed by atoms with Gasteiger partial charge in [0.15, 0.2) is 0 Å². The molecule has 27 heavy (non-hydrogen) atoms. The number of benzene rings is 1. The second-order valence-electron chi connectivity index (χ2n) is 6.99. The van der Waals surface area contributed by atoms with Gasteiger partial charge in [-0.25, -0.2) is 4.39 Å². The zero-order valence-corrected chi connectivity index (χ0v) is 15.2. The van der Waals surface area contributed by atoms with Gasteiger partial charge < -0.3 is 10.0 Å². The molecule has 1 amide bonds. The Labute approximate surface area is 157 Å². The van der Waals surface area contributed by atoms with Crippen LogP contribution in [0.5, 0.6) is 0 Å². The molecule has 6 nitrogen and oxygen atoms in total. The zero-order chi connectivity index (χ0) is 19.2. The Balaban J connectivity index is 1.49. The number of hydrogen-bond donors (Lipinski definition) is 1. The van der Waals surface area contributed by atoms with E-state index in [4.69, 9.17) is 5.11 Å². The molecule has 1 saturated heterocycles. The van der Waals surface area contributed by atoms with E-state index in [2.05, 4.69) is 5.10 Å². The van der Waals surface area contributed by atoms with Gasteiger partial charge in [-0.15, -0.1) is 0 Å². The highest BCUT2D eigenvalue weighted by molar-refractivity contribution is 5.76. The molecule has 0 saturated carbocycles. The van der Waals surface area contributed by atoms with Gasteiger partial charge in [-0.2, -0.15) is 5.10 Å². The molecular formula is C20H24FN3O3. The van der Waals surface area contributed by atoms with Gasteiger partial charge in [-0.05, 0) is 49.4 Å². The van der Waals surface area contributed by atoms with Crippen LogP contribution in [0.1, 0.15) is 42.9 Å². The minimum absolute atomic E-state index is 0.131. The molecule has 0 unspecified atom stereocenters. The number of piperidine rings is 1. The molecule has 7 heteroatoms. The lowest BCUT2D eigenvalue weighted by atomic mass is 9.94. The van der Waals surface area contributed by atoms with Crippen molar-refractivity contribution in [1.29, 1.82) is 0 Å². The Morgan fingerprint density at radius 3 is 2.74 bits per heavy atom. The van der Waals surface area contributed by atoms with Crippen molar-refractivity contribution in [2.75, 3.05) is 13.1 Å². The van der Waals surface area contributed by atoms with Gasteiger partial charge in [0, 0.05) is 31.6 Å². The van der Waals surface area contributed by atoms with Gasteiger partial charge >= 0.3 is 5.97 Å². The summed E-state index contributed by atoms with van der Waals surface area (Å²) in [5.74, 6) is -0.896. The van der Waals surface area contributed by atoms with E-state index in [1.165, 1.54) is 16.8 Å². The van der Waals surface area contributed by atoms with E-state index in [1.807, 2.05) is 11.0 Å². The first kappa shape index (κ1) is 19.1. The summed E-state index contributed by atoms with van der Waals surface area (Å²) in [7, 11) is 0. The molecule has 2 aromatic rings. The highest BCUT2D eigenvalue weighted by atomic mass is 19.1. The van der Waals surface area contributed by atoms with Gasteiger partial charge in [0.25, 0.3) is 0 Å². The second-order valence-corrected chi connectivity index (χ2v) is 6.99. The first-order valence-electron chi connectivity index (χ1n) is 9.28. The molecule has 1 atom stereocenters. The number of carboxylic acids is 1. The van der Waals surface area contributed by atoms with E-state index >= 15 is 0 Å². The first-order valence-corrected chi connectivity index (χ1v) is 9.28. The Morgan fingerprint density at radius 2 is 2.00 bits per heavy atom. The van der Waals surface area contributed by atoms with Gasteiger partial charge in [0.1, 0.15) is 12.4 Å². The van der Waals surface area contributed by atoms with E-state index in [-0.39, 0.29) is 24.2 Å². The summed E-state index contributed by atoms with van der Waals surface area (Å²) in [4.78, 5) is 25.2. The third kappa shape index (κ3) is 5.39. The summed E-state index contributed by atoms with van der Waals surface area (Å²) in [6, 6.07) is 8.23. The average molecular weight is 373 g/mol. The van der Waals surface area contributed by atoms with E-state index < -0.39 is 5.97 Å². The molecule has 144 valence electrons. The van der Waals surface area contributed by atoms with E-state index in [0.717, 1.165) is 43.5 Å². The summed E-state index contributed by atoms with van der Waals surface area (Å²) in [6.07, 6.45) is 5.50. The fraction of sp³-hybridized carbons (Fsp3) is 0.450. The third-order valence-electron chi connectivity index (χ3n) is 4.92. The maximum absolute atomic E-state index is 12.9. The Kier molecular flexibility index (Phi) is 6.21. The van der Waals surface area contributed by atoms with Crippen LogP contribution in [-0.4, -0.2) is 44.8 Å². The van der Waals surface area contributed by atoms with Crippen molar-refractivity contribution < 1.29 is 19.1 Å².